The highest BCUT2D eigenvalue weighted by molar-refractivity contribution is 9.12. The van der Waals surface area contributed by atoms with Crippen molar-refractivity contribution in [2.45, 2.75) is 25.9 Å². The minimum atomic E-state index is -0.835. The predicted molar refractivity (Wildman–Crippen MR) is 91.1 cm³/mol. The Morgan fingerprint density at radius 2 is 1.12 bits per heavy atom. The fourth-order valence-electron chi connectivity index (χ4n) is 1.81. The van der Waals surface area contributed by atoms with Gasteiger partial charge in [0.1, 0.15) is 23.5 Å². The molecular weight excluding hydrogens is 452 g/mol. The molecule has 0 heterocycles. The fraction of sp³-hybridized carbons (Fsp3) is 0.429. The predicted octanol–water partition coefficient (Wildman–Crippen LogP) is 0.653. The van der Waals surface area contributed by atoms with Gasteiger partial charge in [0.2, 0.25) is 11.6 Å². The van der Waals surface area contributed by atoms with Crippen molar-refractivity contribution in [1.29, 1.82) is 0 Å². The molecule has 2 N–H and O–H groups in total. The van der Waals surface area contributed by atoms with Crippen molar-refractivity contribution < 1.29 is 28.7 Å². The molecule has 0 amide bonds. The molecule has 24 heavy (non-hydrogen) atoms. The van der Waals surface area contributed by atoms with E-state index < -0.39 is 35.6 Å². The second-order valence-electron chi connectivity index (χ2n) is 4.81. The summed E-state index contributed by atoms with van der Waals surface area (Å²) in [5.41, 5.74) is -0.165. The lowest BCUT2D eigenvalue weighted by molar-refractivity contribution is -0.143. The van der Waals surface area contributed by atoms with E-state index in [-0.39, 0.29) is 20.4 Å². The van der Waals surface area contributed by atoms with Gasteiger partial charge in [-0.15, -0.1) is 0 Å². The van der Waals surface area contributed by atoms with E-state index in [0.29, 0.717) is 0 Å². The first-order chi connectivity index (χ1) is 11.1. The number of methoxy groups -OCH3 is 2. The van der Waals surface area contributed by atoms with Crippen LogP contribution in [0.1, 0.15) is 13.8 Å². The lowest BCUT2D eigenvalue weighted by Gasteiger charge is -2.23. The summed E-state index contributed by atoms with van der Waals surface area (Å²) >= 11 is 6.11. The summed E-state index contributed by atoms with van der Waals surface area (Å²) in [7, 11) is 2.42. The van der Waals surface area contributed by atoms with E-state index in [9.17, 15) is 19.2 Å². The number of esters is 2. The van der Waals surface area contributed by atoms with E-state index >= 15 is 0 Å². The van der Waals surface area contributed by atoms with Gasteiger partial charge in [-0.3, -0.25) is 9.59 Å². The molecule has 0 aromatic carbocycles. The Morgan fingerprint density at radius 3 is 1.38 bits per heavy atom. The molecule has 0 aliphatic heterocycles. The topological polar surface area (TPSA) is 111 Å². The van der Waals surface area contributed by atoms with Crippen LogP contribution in [0.4, 0.5) is 0 Å². The van der Waals surface area contributed by atoms with E-state index in [4.69, 9.17) is 0 Å². The van der Waals surface area contributed by atoms with Crippen LogP contribution in [-0.2, 0) is 28.7 Å². The number of hydrogen-bond donors (Lipinski definition) is 2. The molecule has 132 valence electrons. The van der Waals surface area contributed by atoms with Crippen LogP contribution in [0, 0.1) is 0 Å². The summed E-state index contributed by atoms with van der Waals surface area (Å²) in [5, 5.41) is 5.28. The first-order valence-corrected chi connectivity index (χ1v) is 8.31. The Labute approximate surface area is 155 Å². The van der Waals surface area contributed by atoms with Gasteiger partial charge in [0, 0.05) is 0 Å². The number of ether oxygens (including phenoxy) is 2. The van der Waals surface area contributed by atoms with Crippen molar-refractivity contribution in [1.82, 2.24) is 10.6 Å². The minimum Gasteiger partial charge on any atom is -0.467 e. The lowest BCUT2D eigenvalue weighted by atomic mass is 10.0. The second-order valence-corrected chi connectivity index (χ2v) is 6.40. The number of carbonyl (C=O) groups is 4. The smallest absolute Gasteiger partial charge is 0.327 e. The summed E-state index contributed by atoms with van der Waals surface area (Å²) in [6.07, 6.45) is 0. The summed E-state index contributed by atoms with van der Waals surface area (Å²) in [4.78, 5) is 47.8. The summed E-state index contributed by atoms with van der Waals surface area (Å²) in [5.74, 6) is -2.30. The van der Waals surface area contributed by atoms with Crippen LogP contribution in [0.2, 0.25) is 0 Å². The Bertz CT molecular complexity index is 600. The zero-order chi connectivity index (χ0) is 18.6. The van der Waals surface area contributed by atoms with Gasteiger partial charge in [0.05, 0.1) is 23.2 Å². The highest BCUT2D eigenvalue weighted by atomic mass is 79.9. The Hall–Kier alpha value is -1.68. The van der Waals surface area contributed by atoms with Crippen molar-refractivity contribution in [2.24, 2.45) is 0 Å². The van der Waals surface area contributed by atoms with E-state index in [1.807, 2.05) is 0 Å². The fourth-order valence-corrected chi connectivity index (χ4v) is 2.79. The molecule has 0 saturated carbocycles. The molecule has 1 rings (SSSR count). The van der Waals surface area contributed by atoms with Gasteiger partial charge in [-0.05, 0) is 45.7 Å². The third-order valence-electron chi connectivity index (χ3n) is 3.12. The molecule has 0 radical (unpaired) electrons. The molecule has 1 aliphatic rings. The van der Waals surface area contributed by atoms with Crippen molar-refractivity contribution >= 4 is 55.4 Å². The van der Waals surface area contributed by atoms with E-state index in [0.717, 1.165) is 0 Å². The van der Waals surface area contributed by atoms with Crippen LogP contribution >= 0.6 is 31.9 Å². The number of nitrogens with one attached hydrogen (secondary N) is 2. The molecule has 1 aliphatic carbocycles. The van der Waals surface area contributed by atoms with E-state index in [1.165, 1.54) is 28.1 Å². The molecule has 0 bridgehead atoms. The zero-order valence-electron chi connectivity index (χ0n) is 13.4. The average molecular weight is 468 g/mol. The number of Topliss-reactive ketones (excluding diaryl/α,β-unsaturated/α-hetero) is 2. The lowest BCUT2D eigenvalue weighted by Crippen LogP contribution is -2.43. The van der Waals surface area contributed by atoms with Crippen molar-refractivity contribution in [3.63, 3.8) is 0 Å². The molecule has 0 aromatic rings. The summed E-state index contributed by atoms with van der Waals surface area (Å²) in [6.45, 7) is 2.98. The number of allylic oxidation sites excluding steroid dienone is 2. The standard InChI is InChI=1S/C14H16Br2N2O6/c1-5(13(21)23-3)17-9-7(15)12(20)10(8(16)11(9)19)18-6(2)14(22)24-4/h5-6,17-18H,1-4H3/t5-,6-/m0/s1. The van der Waals surface area contributed by atoms with Gasteiger partial charge < -0.3 is 20.1 Å². The Morgan fingerprint density at radius 1 is 0.833 bits per heavy atom. The molecule has 10 heteroatoms. The largest absolute Gasteiger partial charge is 0.467 e. The minimum absolute atomic E-state index is 0.0639. The molecule has 2 atom stereocenters. The van der Waals surface area contributed by atoms with E-state index in [1.54, 1.807) is 0 Å². The third-order valence-corrected chi connectivity index (χ3v) is 4.64. The molecule has 0 saturated heterocycles. The first-order valence-electron chi connectivity index (χ1n) is 6.73. The van der Waals surface area contributed by atoms with Gasteiger partial charge in [0.25, 0.3) is 0 Å². The first kappa shape index (κ1) is 20.4. The van der Waals surface area contributed by atoms with Gasteiger partial charge in [-0.25, -0.2) is 9.59 Å². The highest BCUT2D eigenvalue weighted by Crippen LogP contribution is 2.29. The van der Waals surface area contributed by atoms with Crippen LogP contribution in [0.3, 0.4) is 0 Å². The summed E-state index contributed by atoms with van der Waals surface area (Å²) in [6, 6.07) is -1.67. The van der Waals surface area contributed by atoms with Crippen molar-refractivity contribution in [3.8, 4) is 0 Å². The highest BCUT2D eigenvalue weighted by Gasteiger charge is 2.35. The van der Waals surface area contributed by atoms with E-state index in [2.05, 4.69) is 52.0 Å². The monoisotopic (exact) mass is 466 g/mol. The summed E-state index contributed by atoms with van der Waals surface area (Å²) < 4.78 is 9.01. The maximum atomic E-state index is 12.4. The molecule has 0 unspecified atom stereocenters. The Kier molecular flexibility index (Phi) is 7.15. The van der Waals surface area contributed by atoms with Crippen LogP contribution in [0.25, 0.3) is 0 Å². The molecule has 0 spiro atoms. The number of ketones is 2. The average Bonchev–Trinajstić information content (AvgIpc) is 2.58. The Balaban J connectivity index is 3.09. The molecule has 8 nitrogen and oxygen atoms in total. The second kappa shape index (κ2) is 8.43. The zero-order valence-corrected chi connectivity index (χ0v) is 16.5. The van der Waals surface area contributed by atoms with Gasteiger partial charge in [0.15, 0.2) is 0 Å². The SMILES string of the molecule is COC(=O)[C@H](C)NC1=C(Br)C(=O)C(N[C@@H](C)C(=O)OC)=C(Br)C1=O. The third kappa shape index (κ3) is 4.23. The van der Waals surface area contributed by atoms with Gasteiger partial charge in [-0.2, -0.15) is 0 Å². The van der Waals surface area contributed by atoms with Gasteiger partial charge in [-0.1, -0.05) is 0 Å². The number of carbonyl (C=O) groups excluding carboxylic acids is 4. The number of halogens is 2. The van der Waals surface area contributed by atoms with Gasteiger partial charge >= 0.3 is 11.9 Å². The van der Waals surface area contributed by atoms with Crippen LogP contribution in [0.5, 0.6) is 0 Å². The molecule has 0 fully saturated rings. The molecule has 0 aromatic heterocycles. The van der Waals surface area contributed by atoms with Crippen molar-refractivity contribution in [3.05, 3.63) is 20.4 Å². The molecular formula is C14H16Br2N2O6. The maximum absolute atomic E-state index is 12.4. The van der Waals surface area contributed by atoms with Crippen LogP contribution in [0.15, 0.2) is 20.4 Å². The quantitative estimate of drug-likeness (QED) is 0.432. The normalized spacial score (nSPS) is 17.4. The van der Waals surface area contributed by atoms with Crippen LogP contribution < -0.4 is 10.6 Å². The number of hydrogen-bond acceptors (Lipinski definition) is 8. The van der Waals surface area contributed by atoms with Crippen molar-refractivity contribution in [2.75, 3.05) is 14.2 Å². The maximum Gasteiger partial charge on any atom is 0.327 e. The number of rotatable bonds is 6. The van der Waals surface area contributed by atoms with Crippen LogP contribution in [-0.4, -0.2) is 49.8 Å².